The predicted molar refractivity (Wildman–Crippen MR) is 115 cm³/mol. The zero-order valence-electron chi connectivity index (χ0n) is 17.4. The van der Waals surface area contributed by atoms with Crippen molar-refractivity contribution in [1.82, 2.24) is 19.6 Å². The minimum atomic E-state index is 0.0626. The van der Waals surface area contributed by atoms with Crippen LogP contribution < -0.4 is 0 Å². The van der Waals surface area contributed by atoms with Crippen molar-refractivity contribution in [2.45, 2.75) is 19.9 Å². The number of benzene rings is 2. The number of carbonyl (C=O) groups excluding carboxylic acids is 1. The molecule has 0 aliphatic carbocycles. The Morgan fingerprint density at radius 1 is 0.966 bits per heavy atom. The van der Waals surface area contributed by atoms with Crippen LogP contribution in [0.4, 0.5) is 0 Å². The molecule has 1 amide bonds. The number of hydrogen-bond donors (Lipinski definition) is 0. The van der Waals surface area contributed by atoms with E-state index >= 15 is 0 Å². The molecular weight excluding hydrogens is 360 g/mol. The summed E-state index contributed by atoms with van der Waals surface area (Å²) in [5.74, 6) is 0.0626. The van der Waals surface area contributed by atoms with Gasteiger partial charge < -0.3 is 4.90 Å². The molecule has 1 aromatic heterocycles. The van der Waals surface area contributed by atoms with Crippen LogP contribution in [0.1, 0.15) is 38.8 Å². The second kappa shape index (κ2) is 8.21. The summed E-state index contributed by atoms with van der Waals surface area (Å²) in [7, 11) is 1.81. The number of hydrogen-bond acceptors (Lipinski definition) is 3. The fourth-order valence-corrected chi connectivity index (χ4v) is 4.21. The van der Waals surface area contributed by atoms with E-state index in [1.165, 1.54) is 22.3 Å². The van der Waals surface area contributed by atoms with Crippen LogP contribution in [-0.2, 0) is 7.05 Å². The molecule has 1 saturated heterocycles. The van der Waals surface area contributed by atoms with Crippen LogP contribution in [0.3, 0.4) is 0 Å². The monoisotopic (exact) mass is 388 g/mol. The highest BCUT2D eigenvalue weighted by molar-refractivity contribution is 5.92. The van der Waals surface area contributed by atoms with Crippen LogP contribution in [0, 0.1) is 13.8 Å². The van der Waals surface area contributed by atoms with Gasteiger partial charge in [0.05, 0.1) is 6.04 Å². The molecular formula is C24H28N4O. The van der Waals surface area contributed by atoms with Gasteiger partial charge in [0.2, 0.25) is 0 Å². The highest BCUT2D eigenvalue weighted by atomic mass is 16.2. The van der Waals surface area contributed by atoms with Gasteiger partial charge in [0, 0.05) is 39.4 Å². The Hall–Kier alpha value is -2.92. The third-order valence-corrected chi connectivity index (χ3v) is 5.85. The Bertz CT molecular complexity index is 987. The van der Waals surface area contributed by atoms with Crippen LogP contribution in [-0.4, -0.2) is 51.7 Å². The SMILES string of the molecule is Cc1ccc(C)c(C(c2ccccc2)N2CCN(C(=O)c3ccnn3C)CC2)c1. The van der Waals surface area contributed by atoms with Crippen LogP contribution in [0.5, 0.6) is 0 Å². The first-order chi connectivity index (χ1) is 14.0. The molecule has 1 aliphatic rings. The first-order valence-corrected chi connectivity index (χ1v) is 10.2. The summed E-state index contributed by atoms with van der Waals surface area (Å²) in [5, 5.41) is 4.13. The first-order valence-electron chi connectivity index (χ1n) is 10.2. The molecule has 2 aromatic carbocycles. The molecule has 0 N–H and O–H groups in total. The Kier molecular flexibility index (Phi) is 5.49. The molecule has 2 heterocycles. The van der Waals surface area contributed by atoms with Crippen molar-refractivity contribution in [3.8, 4) is 0 Å². The van der Waals surface area contributed by atoms with E-state index in [9.17, 15) is 4.79 Å². The standard InChI is InChI=1S/C24H28N4O/c1-18-9-10-19(2)21(17-18)23(20-7-5-4-6-8-20)27-13-15-28(16-14-27)24(29)22-11-12-25-26(22)3/h4-12,17,23H,13-16H2,1-3H3. The summed E-state index contributed by atoms with van der Waals surface area (Å²) in [6.45, 7) is 7.46. The van der Waals surface area contributed by atoms with Crippen molar-refractivity contribution in [3.63, 3.8) is 0 Å². The van der Waals surface area contributed by atoms with Gasteiger partial charge in [-0.3, -0.25) is 14.4 Å². The van der Waals surface area contributed by atoms with Crippen molar-refractivity contribution in [2.24, 2.45) is 7.05 Å². The maximum Gasteiger partial charge on any atom is 0.272 e. The second-order valence-electron chi connectivity index (χ2n) is 7.84. The highest BCUT2D eigenvalue weighted by Gasteiger charge is 2.30. The third-order valence-electron chi connectivity index (χ3n) is 5.85. The van der Waals surface area contributed by atoms with Crippen molar-refractivity contribution in [2.75, 3.05) is 26.2 Å². The quantitative estimate of drug-likeness (QED) is 0.686. The molecule has 0 saturated carbocycles. The van der Waals surface area contributed by atoms with Crippen LogP contribution in [0.2, 0.25) is 0 Å². The van der Waals surface area contributed by atoms with Gasteiger partial charge in [-0.05, 0) is 36.6 Å². The molecule has 0 radical (unpaired) electrons. The number of aromatic nitrogens is 2. The summed E-state index contributed by atoms with van der Waals surface area (Å²) in [4.78, 5) is 17.3. The summed E-state index contributed by atoms with van der Waals surface area (Å²) >= 11 is 0. The van der Waals surface area contributed by atoms with Crippen LogP contribution >= 0.6 is 0 Å². The van der Waals surface area contributed by atoms with E-state index in [1.54, 1.807) is 16.9 Å². The molecule has 0 bridgehead atoms. The number of rotatable bonds is 4. The average molecular weight is 389 g/mol. The molecule has 1 atom stereocenters. The number of aryl methyl sites for hydroxylation is 3. The lowest BCUT2D eigenvalue weighted by Crippen LogP contribution is -2.50. The normalized spacial score (nSPS) is 16.0. The number of carbonyl (C=O) groups is 1. The summed E-state index contributed by atoms with van der Waals surface area (Å²) in [6, 6.07) is 19.4. The first kappa shape index (κ1) is 19.4. The van der Waals surface area contributed by atoms with E-state index in [-0.39, 0.29) is 11.9 Å². The lowest BCUT2D eigenvalue weighted by molar-refractivity contribution is 0.0586. The van der Waals surface area contributed by atoms with Gasteiger partial charge in [0.1, 0.15) is 5.69 Å². The summed E-state index contributed by atoms with van der Waals surface area (Å²) in [5.41, 5.74) is 5.87. The van der Waals surface area contributed by atoms with Gasteiger partial charge in [-0.25, -0.2) is 0 Å². The molecule has 4 rings (SSSR count). The largest absolute Gasteiger partial charge is 0.335 e. The smallest absolute Gasteiger partial charge is 0.272 e. The zero-order chi connectivity index (χ0) is 20.4. The van der Waals surface area contributed by atoms with Crippen molar-refractivity contribution in [3.05, 3.63) is 88.7 Å². The van der Waals surface area contributed by atoms with Gasteiger partial charge in [-0.15, -0.1) is 0 Å². The molecule has 5 nitrogen and oxygen atoms in total. The van der Waals surface area contributed by atoms with Crippen molar-refractivity contribution in [1.29, 1.82) is 0 Å². The summed E-state index contributed by atoms with van der Waals surface area (Å²) < 4.78 is 1.65. The van der Waals surface area contributed by atoms with Crippen molar-refractivity contribution < 1.29 is 4.79 Å². The topological polar surface area (TPSA) is 41.4 Å². The summed E-state index contributed by atoms with van der Waals surface area (Å²) in [6.07, 6.45) is 1.68. The van der Waals surface area contributed by atoms with Crippen LogP contribution in [0.15, 0.2) is 60.8 Å². The Balaban J connectivity index is 1.58. The number of amides is 1. The van der Waals surface area contributed by atoms with E-state index in [0.29, 0.717) is 5.69 Å². The second-order valence-corrected chi connectivity index (χ2v) is 7.84. The van der Waals surface area contributed by atoms with E-state index in [2.05, 4.69) is 72.4 Å². The van der Waals surface area contributed by atoms with Gasteiger partial charge in [-0.2, -0.15) is 5.10 Å². The molecule has 5 heteroatoms. The molecule has 3 aromatic rings. The Labute approximate surface area is 172 Å². The molecule has 1 aliphatic heterocycles. The zero-order valence-corrected chi connectivity index (χ0v) is 17.4. The minimum Gasteiger partial charge on any atom is -0.335 e. The highest BCUT2D eigenvalue weighted by Crippen LogP contribution is 2.32. The molecule has 1 unspecified atom stereocenters. The molecule has 1 fully saturated rings. The van der Waals surface area contributed by atoms with E-state index < -0.39 is 0 Å². The van der Waals surface area contributed by atoms with Gasteiger partial charge in [0.15, 0.2) is 0 Å². The van der Waals surface area contributed by atoms with E-state index in [1.807, 2.05) is 11.9 Å². The van der Waals surface area contributed by atoms with Crippen molar-refractivity contribution >= 4 is 5.91 Å². The lowest BCUT2D eigenvalue weighted by Gasteiger charge is -2.40. The molecule has 29 heavy (non-hydrogen) atoms. The van der Waals surface area contributed by atoms with Gasteiger partial charge in [-0.1, -0.05) is 54.1 Å². The average Bonchev–Trinajstić information content (AvgIpc) is 3.17. The maximum absolute atomic E-state index is 12.8. The van der Waals surface area contributed by atoms with Gasteiger partial charge in [0.25, 0.3) is 5.91 Å². The third kappa shape index (κ3) is 3.96. The fraction of sp³-hybridized carbons (Fsp3) is 0.333. The predicted octanol–water partition coefficient (Wildman–Crippen LogP) is 3.58. The molecule has 150 valence electrons. The Morgan fingerprint density at radius 2 is 1.69 bits per heavy atom. The lowest BCUT2D eigenvalue weighted by atomic mass is 9.92. The maximum atomic E-state index is 12.8. The van der Waals surface area contributed by atoms with E-state index in [4.69, 9.17) is 0 Å². The molecule has 0 spiro atoms. The fourth-order valence-electron chi connectivity index (χ4n) is 4.21. The Morgan fingerprint density at radius 3 is 2.34 bits per heavy atom. The minimum absolute atomic E-state index is 0.0626. The number of piperazine rings is 1. The number of nitrogens with zero attached hydrogens (tertiary/aromatic N) is 4. The van der Waals surface area contributed by atoms with Crippen LogP contribution in [0.25, 0.3) is 0 Å². The van der Waals surface area contributed by atoms with E-state index in [0.717, 1.165) is 26.2 Å². The van der Waals surface area contributed by atoms with Gasteiger partial charge >= 0.3 is 0 Å².